The second-order valence-electron chi connectivity index (χ2n) is 6.81. The molecule has 0 aliphatic heterocycles. The molecule has 0 amide bonds. The summed E-state index contributed by atoms with van der Waals surface area (Å²) in [5.41, 5.74) is 3.96. The fourth-order valence-electron chi connectivity index (χ4n) is 3.06. The largest absolute Gasteiger partial charge is 0.508 e. The maximum absolute atomic E-state index is 9.86. The van der Waals surface area contributed by atoms with E-state index in [0.29, 0.717) is 12.4 Å². The SMILES string of the molecule is CCCCc1ccc(-c2oc(CNCCC)nc2-c2cccc(O)c2)cc1. The van der Waals surface area contributed by atoms with Crippen LogP contribution in [0.3, 0.4) is 0 Å². The minimum absolute atomic E-state index is 0.224. The van der Waals surface area contributed by atoms with E-state index in [0.717, 1.165) is 42.0 Å². The van der Waals surface area contributed by atoms with Crippen LogP contribution in [0.2, 0.25) is 0 Å². The summed E-state index contributed by atoms with van der Waals surface area (Å²) in [5.74, 6) is 1.63. The van der Waals surface area contributed by atoms with Gasteiger partial charge in [-0.15, -0.1) is 0 Å². The molecular formula is C23H28N2O2. The number of rotatable bonds is 9. The van der Waals surface area contributed by atoms with Crippen molar-refractivity contribution in [2.45, 2.75) is 46.1 Å². The summed E-state index contributed by atoms with van der Waals surface area (Å²) in [6, 6.07) is 15.7. The molecule has 4 nitrogen and oxygen atoms in total. The maximum atomic E-state index is 9.86. The number of aryl methyl sites for hydroxylation is 1. The van der Waals surface area contributed by atoms with E-state index in [-0.39, 0.29) is 5.75 Å². The molecule has 0 aliphatic carbocycles. The third-order valence-electron chi connectivity index (χ3n) is 4.53. The van der Waals surface area contributed by atoms with Crippen molar-refractivity contribution in [3.05, 3.63) is 60.0 Å². The lowest BCUT2D eigenvalue weighted by molar-refractivity contribution is 0.475. The fraction of sp³-hybridized carbons (Fsp3) is 0.348. The van der Waals surface area contributed by atoms with Crippen molar-refractivity contribution < 1.29 is 9.52 Å². The topological polar surface area (TPSA) is 58.3 Å². The highest BCUT2D eigenvalue weighted by Crippen LogP contribution is 2.34. The first-order chi connectivity index (χ1) is 13.2. The van der Waals surface area contributed by atoms with Gasteiger partial charge in [-0.1, -0.05) is 56.7 Å². The van der Waals surface area contributed by atoms with Crippen LogP contribution in [0.5, 0.6) is 5.75 Å². The number of nitrogens with zero attached hydrogens (tertiary/aromatic N) is 1. The van der Waals surface area contributed by atoms with Gasteiger partial charge in [-0.05, 0) is 43.5 Å². The summed E-state index contributed by atoms with van der Waals surface area (Å²) >= 11 is 0. The maximum Gasteiger partial charge on any atom is 0.209 e. The second-order valence-corrected chi connectivity index (χ2v) is 6.81. The summed E-state index contributed by atoms with van der Waals surface area (Å²) < 4.78 is 6.11. The van der Waals surface area contributed by atoms with Crippen molar-refractivity contribution in [1.29, 1.82) is 0 Å². The van der Waals surface area contributed by atoms with Crippen molar-refractivity contribution in [2.24, 2.45) is 0 Å². The van der Waals surface area contributed by atoms with Crippen LogP contribution in [0.15, 0.2) is 52.9 Å². The van der Waals surface area contributed by atoms with Gasteiger partial charge in [0.2, 0.25) is 5.89 Å². The van der Waals surface area contributed by atoms with Gasteiger partial charge in [-0.25, -0.2) is 4.98 Å². The molecule has 2 aromatic carbocycles. The van der Waals surface area contributed by atoms with E-state index in [1.54, 1.807) is 12.1 Å². The number of hydrogen-bond donors (Lipinski definition) is 2. The molecule has 2 N–H and O–H groups in total. The third-order valence-corrected chi connectivity index (χ3v) is 4.53. The van der Waals surface area contributed by atoms with Gasteiger partial charge in [0.15, 0.2) is 5.76 Å². The summed E-state index contributed by atoms with van der Waals surface area (Å²) in [4.78, 5) is 4.70. The van der Waals surface area contributed by atoms with Gasteiger partial charge in [-0.2, -0.15) is 0 Å². The van der Waals surface area contributed by atoms with Gasteiger partial charge < -0.3 is 14.8 Å². The van der Waals surface area contributed by atoms with E-state index in [1.807, 2.05) is 12.1 Å². The summed E-state index contributed by atoms with van der Waals surface area (Å²) in [6.45, 7) is 5.85. The van der Waals surface area contributed by atoms with E-state index in [2.05, 4.69) is 43.4 Å². The van der Waals surface area contributed by atoms with Gasteiger partial charge >= 0.3 is 0 Å². The normalized spacial score (nSPS) is 11.0. The Kier molecular flexibility index (Phi) is 6.66. The number of oxazole rings is 1. The van der Waals surface area contributed by atoms with E-state index in [9.17, 15) is 5.11 Å². The Bertz CT molecular complexity index is 853. The molecule has 1 heterocycles. The van der Waals surface area contributed by atoms with Crippen LogP contribution in [0.25, 0.3) is 22.6 Å². The van der Waals surface area contributed by atoms with Gasteiger partial charge in [0.05, 0.1) is 6.54 Å². The highest BCUT2D eigenvalue weighted by Gasteiger charge is 2.17. The first-order valence-corrected chi connectivity index (χ1v) is 9.80. The molecule has 3 aromatic rings. The van der Waals surface area contributed by atoms with Crippen LogP contribution in [0, 0.1) is 0 Å². The minimum atomic E-state index is 0.224. The number of aromatic hydroxyl groups is 1. The number of aromatic nitrogens is 1. The van der Waals surface area contributed by atoms with Gasteiger partial charge in [-0.3, -0.25) is 0 Å². The van der Waals surface area contributed by atoms with Crippen molar-refractivity contribution >= 4 is 0 Å². The Labute approximate surface area is 161 Å². The van der Waals surface area contributed by atoms with Gasteiger partial charge in [0.25, 0.3) is 0 Å². The lowest BCUT2D eigenvalue weighted by Crippen LogP contribution is -2.13. The van der Waals surface area contributed by atoms with E-state index in [1.165, 1.54) is 18.4 Å². The second kappa shape index (κ2) is 9.38. The Hall–Kier alpha value is -2.59. The van der Waals surface area contributed by atoms with Crippen molar-refractivity contribution in [2.75, 3.05) is 6.54 Å². The van der Waals surface area contributed by atoms with Crippen molar-refractivity contribution in [1.82, 2.24) is 10.3 Å². The Morgan fingerprint density at radius 3 is 2.52 bits per heavy atom. The molecule has 0 saturated heterocycles. The lowest BCUT2D eigenvalue weighted by atomic mass is 10.0. The quantitative estimate of drug-likeness (QED) is 0.488. The molecule has 0 saturated carbocycles. The van der Waals surface area contributed by atoms with Crippen molar-refractivity contribution in [3.8, 4) is 28.3 Å². The van der Waals surface area contributed by atoms with Crippen LogP contribution in [-0.4, -0.2) is 16.6 Å². The number of hydrogen-bond acceptors (Lipinski definition) is 4. The fourth-order valence-corrected chi connectivity index (χ4v) is 3.06. The molecule has 0 radical (unpaired) electrons. The van der Waals surface area contributed by atoms with E-state index < -0.39 is 0 Å². The first kappa shape index (κ1) is 19.2. The molecule has 0 fully saturated rings. The average molecular weight is 364 g/mol. The Balaban J connectivity index is 1.94. The smallest absolute Gasteiger partial charge is 0.209 e. The zero-order chi connectivity index (χ0) is 19.1. The molecule has 27 heavy (non-hydrogen) atoms. The molecule has 0 aliphatic rings. The molecule has 0 unspecified atom stereocenters. The van der Waals surface area contributed by atoms with Crippen LogP contribution >= 0.6 is 0 Å². The molecule has 0 bridgehead atoms. The van der Waals surface area contributed by atoms with Crippen LogP contribution in [0.1, 0.15) is 44.6 Å². The highest BCUT2D eigenvalue weighted by atomic mass is 16.4. The zero-order valence-corrected chi connectivity index (χ0v) is 16.2. The van der Waals surface area contributed by atoms with Crippen LogP contribution in [-0.2, 0) is 13.0 Å². The van der Waals surface area contributed by atoms with E-state index in [4.69, 9.17) is 9.40 Å². The molecule has 4 heteroatoms. The number of benzene rings is 2. The number of nitrogens with one attached hydrogen (secondary N) is 1. The molecule has 0 spiro atoms. The highest BCUT2D eigenvalue weighted by molar-refractivity contribution is 5.77. The Morgan fingerprint density at radius 1 is 1.00 bits per heavy atom. The summed E-state index contributed by atoms with van der Waals surface area (Å²) in [5, 5.41) is 13.2. The molecule has 3 rings (SSSR count). The average Bonchev–Trinajstić information content (AvgIpc) is 3.11. The molecule has 1 aromatic heterocycles. The number of unbranched alkanes of at least 4 members (excludes halogenated alkanes) is 1. The third kappa shape index (κ3) is 4.98. The molecule has 142 valence electrons. The van der Waals surface area contributed by atoms with Crippen LogP contribution < -0.4 is 5.32 Å². The standard InChI is InChI=1S/C23H28N2O2/c1-3-5-7-17-10-12-18(13-11-17)23-22(19-8-6-9-20(26)15-19)25-21(27-23)16-24-14-4-2/h6,8-13,15,24,26H,3-5,7,14,16H2,1-2H3. The van der Waals surface area contributed by atoms with E-state index >= 15 is 0 Å². The first-order valence-electron chi connectivity index (χ1n) is 9.80. The number of phenols is 1. The molecule has 0 atom stereocenters. The Morgan fingerprint density at radius 2 is 1.81 bits per heavy atom. The van der Waals surface area contributed by atoms with Gasteiger partial charge in [0, 0.05) is 11.1 Å². The predicted octanol–water partition coefficient (Wildman–Crippen LogP) is 5.56. The molecular weight excluding hydrogens is 336 g/mol. The zero-order valence-electron chi connectivity index (χ0n) is 16.2. The van der Waals surface area contributed by atoms with Crippen LogP contribution in [0.4, 0.5) is 0 Å². The van der Waals surface area contributed by atoms with Crippen molar-refractivity contribution in [3.63, 3.8) is 0 Å². The minimum Gasteiger partial charge on any atom is -0.508 e. The predicted molar refractivity (Wildman–Crippen MR) is 110 cm³/mol. The summed E-state index contributed by atoms with van der Waals surface area (Å²) in [6.07, 6.45) is 4.55. The van der Waals surface area contributed by atoms with Gasteiger partial charge in [0.1, 0.15) is 11.4 Å². The lowest BCUT2D eigenvalue weighted by Gasteiger charge is -2.04. The monoisotopic (exact) mass is 364 g/mol. The number of phenolic OH excluding ortho intramolecular Hbond substituents is 1. The summed E-state index contributed by atoms with van der Waals surface area (Å²) in [7, 11) is 0.